The Morgan fingerprint density at radius 3 is 1.64 bits per heavy atom. The summed E-state index contributed by atoms with van der Waals surface area (Å²) in [6.45, 7) is -3.65. The molecule has 7 N–H and O–H groups in total. The summed E-state index contributed by atoms with van der Waals surface area (Å²) in [7, 11) is 12.5. The molecule has 10 rings (SSSR count). The number of rotatable bonds is 42. The monoisotopic (exact) mass is 1970 g/mol. The van der Waals surface area contributed by atoms with Gasteiger partial charge in [0.05, 0.1) is 82.5 Å². The Labute approximate surface area is 801 Å². The van der Waals surface area contributed by atoms with Crippen molar-refractivity contribution in [2.75, 3.05) is 173 Å². The van der Waals surface area contributed by atoms with Gasteiger partial charge in [-0.15, -0.1) is 0 Å². The SMILES string of the molecule is CCN(COCC(=O)[C@@]12O[C@H](c3cccc(F)c3)O[C@@H]1C[C@H]1[C@@H]3C[C@H](F)C4=CC(=O)C=C[C@]4(C)[C@@]3(F)[C@@H](O)C[C@@]12C)C(=O)OCc1ccc(O[C@@H]2O[C@H](OC=O)[C@@H](O)[C@H](O)[C@H]2O)c(NC(=O)CCNC(=O)CCc2ccc(N3C(=O)C=CC3=O)cc2C(=O)N(C)CC(=O)N(C)CC(=O)N(C)CC(=O)N(C)CC(=O)N(C)CC(=O)N(C)CC(=O)N(C)CC(=O)N(C)CC(=O)N(C)CC(=O)N(C)CC(=O)O)c1. The Hall–Kier alpha value is -13.5. The summed E-state index contributed by atoms with van der Waals surface area (Å²) in [6.07, 6.45) is -13.6. The first-order chi connectivity index (χ1) is 65.8. The third-order valence-electron chi connectivity index (χ3n) is 26.3. The van der Waals surface area contributed by atoms with Crippen LogP contribution < -0.4 is 20.3 Å². The standard InChI is InChI=1S/C92H115F3N14O31/c1-14-108(49-134-48-65(113)92-66(138-85(140-92)53-16-15-17-54(93)31-53)35-58-59-34-61(94)60-33-56(111)26-28-89(60,2)91(59,95)64(112)36-90(58,92)3)88(133)135-47-51-18-22-63(137-87-83(131)81(129)82(130)86(139-87)136-50-110)62(30-51)97-68(115)27-29-96-67(114)23-20-52-19-21-55(109-69(116)24-25-70(109)117)32-57(52)84(132)107(13)45-79(126)105(11)43-77(124)103(9)41-75(122)101(7)39-73(120)99(5)37-71(118)98(4)38-72(119)100(6)40-74(121)102(8)42-76(123)104(10)44-78(125)106(12)46-80(127)128/h15-19,21-22,24-26,28,30-33,50,58-59,61,64,66,81-83,85-87,112,129-131H,14,20,23,27,29,34-49H2,1-13H3,(H,96,114)(H,97,115)(H,127,128)/t58-,59-,61-,64-,66+,81-,82-,83+,85+,86-,87+,89-,90-,91-,92+/m0/s1. The number of hydrogen-bond acceptors (Lipinski definition) is 30. The number of amides is 15. The Kier molecular flexibility index (Phi) is 35.3. The van der Waals surface area contributed by atoms with Crippen molar-refractivity contribution in [3.8, 4) is 5.75 Å². The third kappa shape index (κ3) is 24.1. The van der Waals surface area contributed by atoms with E-state index in [0.717, 1.165) is 89.2 Å². The number of aliphatic hydroxyl groups excluding tert-OH is 4. The normalized spacial score (nSPS) is 24.5. The van der Waals surface area contributed by atoms with Gasteiger partial charge in [0.15, 0.2) is 29.1 Å². The lowest BCUT2D eigenvalue weighted by Gasteiger charge is -2.63. The number of carboxylic acids is 1. The van der Waals surface area contributed by atoms with Crippen LogP contribution in [0.1, 0.15) is 86.2 Å². The number of aliphatic carboxylic acids is 1. The number of carbonyl (C=O) groups excluding carboxylic acids is 18. The van der Waals surface area contributed by atoms with Gasteiger partial charge in [-0.05, 0) is 111 Å². The van der Waals surface area contributed by atoms with E-state index < -0.39 is 306 Å². The average Bonchev–Trinajstić information content (AvgIpc) is 1.49. The number of benzene rings is 3. The summed E-state index contributed by atoms with van der Waals surface area (Å²) in [5, 5.41) is 58.4. The molecule has 0 bridgehead atoms. The molecule has 0 aromatic heterocycles. The molecule has 5 fully saturated rings. The van der Waals surface area contributed by atoms with E-state index in [-0.39, 0.29) is 83.8 Å². The van der Waals surface area contributed by atoms with Gasteiger partial charge in [0.2, 0.25) is 77.6 Å². The Morgan fingerprint density at radius 1 is 0.600 bits per heavy atom. The number of halogens is 3. The van der Waals surface area contributed by atoms with Gasteiger partial charge >= 0.3 is 12.1 Å². The molecule has 140 heavy (non-hydrogen) atoms. The topological polar surface area (TPSA) is 553 Å². The number of ketones is 2. The number of hydrogen-bond donors (Lipinski definition) is 7. The van der Waals surface area contributed by atoms with Crippen LogP contribution in [0.3, 0.4) is 0 Å². The highest BCUT2D eigenvalue weighted by molar-refractivity contribution is 6.28. The van der Waals surface area contributed by atoms with Crippen molar-refractivity contribution in [2.24, 2.45) is 22.7 Å². The van der Waals surface area contributed by atoms with Gasteiger partial charge in [-0.3, -0.25) is 95.9 Å². The molecule has 0 radical (unpaired) electrons. The van der Waals surface area contributed by atoms with Crippen LogP contribution in [0.4, 0.5) is 29.3 Å². The lowest BCUT2D eigenvalue weighted by atomic mass is 9.44. The lowest BCUT2D eigenvalue weighted by Crippen LogP contribution is -2.70. The fourth-order valence-electron chi connectivity index (χ4n) is 18.0. The van der Waals surface area contributed by atoms with Gasteiger partial charge in [0.25, 0.3) is 24.2 Å². The molecule has 760 valence electrons. The number of allylic oxidation sites excluding steroid dienone is 4. The summed E-state index contributed by atoms with van der Waals surface area (Å²) in [6, 6.07) is 13.0. The van der Waals surface area contributed by atoms with Gasteiger partial charge in [0.1, 0.15) is 62.5 Å². The van der Waals surface area contributed by atoms with Crippen molar-refractivity contribution in [3.05, 3.63) is 125 Å². The van der Waals surface area contributed by atoms with Crippen LogP contribution in [0.25, 0.3) is 0 Å². The molecule has 3 saturated carbocycles. The highest BCUT2D eigenvalue weighted by Crippen LogP contribution is 2.73. The van der Waals surface area contributed by atoms with E-state index in [9.17, 15) is 111 Å². The molecule has 45 nitrogen and oxygen atoms in total. The molecule has 3 heterocycles. The first-order valence-corrected chi connectivity index (χ1v) is 44.4. The van der Waals surface area contributed by atoms with Crippen molar-refractivity contribution in [3.63, 3.8) is 0 Å². The maximum absolute atomic E-state index is 18.3. The van der Waals surface area contributed by atoms with E-state index in [1.165, 1.54) is 138 Å². The number of Topliss-reactive ketones (excluding diaryl/α,β-unsaturated/α-hetero) is 1. The lowest BCUT2D eigenvalue weighted by molar-refractivity contribution is -0.321. The molecular formula is C92H115F3N14O31. The Balaban J connectivity index is 0.711. The number of fused-ring (bicyclic) bond motifs is 7. The van der Waals surface area contributed by atoms with Gasteiger partial charge < -0.3 is 114 Å². The maximum Gasteiger partial charge on any atom is 0.411 e. The Morgan fingerprint density at radius 2 is 1.12 bits per heavy atom. The average molecular weight is 1970 g/mol. The number of nitrogens with one attached hydrogen (secondary N) is 2. The van der Waals surface area contributed by atoms with Crippen LogP contribution in [0.5, 0.6) is 5.75 Å². The van der Waals surface area contributed by atoms with Crippen LogP contribution in [-0.2, 0) is 123 Å². The summed E-state index contributed by atoms with van der Waals surface area (Å²) in [5.74, 6) is -16.0. The zero-order chi connectivity index (χ0) is 103. The minimum atomic E-state index is -2.54. The smallest absolute Gasteiger partial charge is 0.411 e. The van der Waals surface area contributed by atoms with Crippen LogP contribution >= 0.6 is 0 Å². The van der Waals surface area contributed by atoms with Crippen LogP contribution in [0.2, 0.25) is 0 Å². The number of alkyl halides is 2. The predicted octanol–water partition coefficient (Wildman–Crippen LogP) is -1.78. The molecular weight excluding hydrogens is 1850 g/mol. The van der Waals surface area contributed by atoms with Gasteiger partial charge in [-0.2, -0.15) is 0 Å². The zero-order valence-electron chi connectivity index (χ0n) is 79.3. The summed E-state index contributed by atoms with van der Waals surface area (Å²) >= 11 is 0. The number of aryl methyl sites for hydroxylation is 1. The number of nitrogens with zero attached hydrogens (tertiary/aromatic N) is 12. The van der Waals surface area contributed by atoms with Crippen molar-refractivity contribution in [2.45, 2.75) is 133 Å². The second-order valence-electron chi connectivity index (χ2n) is 35.9. The number of aliphatic hydroxyl groups is 4. The molecule has 15 atom stereocenters. The summed E-state index contributed by atoms with van der Waals surface area (Å²) in [4.78, 5) is 262. The molecule has 0 spiro atoms. The number of likely N-dealkylation sites (N-methyl/N-ethyl adjacent to an activating group) is 10. The molecule has 2 saturated heterocycles. The molecule has 3 aromatic rings. The molecule has 0 unspecified atom stereocenters. The van der Waals surface area contributed by atoms with Crippen LogP contribution in [0.15, 0.2) is 96.6 Å². The molecule has 7 aliphatic rings. The van der Waals surface area contributed by atoms with Crippen LogP contribution in [0, 0.1) is 28.5 Å². The van der Waals surface area contributed by atoms with E-state index in [0.29, 0.717) is 0 Å². The molecule has 3 aromatic carbocycles. The quantitative estimate of drug-likeness (QED) is 0.0187. The minimum absolute atomic E-state index is 0.0646. The van der Waals surface area contributed by atoms with Crippen molar-refractivity contribution >= 4 is 124 Å². The number of carboxylic acid groups (broad SMARTS) is 1. The first-order valence-electron chi connectivity index (χ1n) is 44.4. The third-order valence-corrected chi connectivity index (χ3v) is 26.3. The van der Waals surface area contributed by atoms with Crippen molar-refractivity contribution < 1.29 is 163 Å². The first kappa shape index (κ1) is 108. The second kappa shape index (κ2) is 45.6. The number of anilines is 2. The molecule has 15 amide bonds. The highest BCUT2D eigenvalue weighted by atomic mass is 19.1. The molecule has 3 aliphatic heterocycles. The minimum Gasteiger partial charge on any atom is -0.480 e. The van der Waals surface area contributed by atoms with Crippen molar-refractivity contribution in [1.29, 1.82) is 0 Å². The highest BCUT2D eigenvalue weighted by Gasteiger charge is 2.80. The van der Waals surface area contributed by atoms with Gasteiger partial charge in [-0.25, -0.2) is 22.9 Å². The molecule has 48 heteroatoms. The second-order valence-corrected chi connectivity index (χ2v) is 35.9. The number of ether oxygens (including phenoxy) is 7. The summed E-state index contributed by atoms with van der Waals surface area (Å²) in [5.41, 5.74) is -7.93. The van der Waals surface area contributed by atoms with Crippen molar-refractivity contribution in [1.82, 2.24) is 59.2 Å². The van der Waals surface area contributed by atoms with E-state index >= 15 is 13.6 Å². The van der Waals surface area contributed by atoms with E-state index in [1.807, 2.05) is 0 Å². The largest absolute Gasteiger partial charge is 0.480 e. The maximum atomic E-state index is 18.3. The zero-order valence-corrected chi connectivity index (χ0v) is 79.3. The molecule has 4 aliphatic carbocycles. The van der Waals surface area contributed by atoms with E-state index in [1.54, 1.807) is 13.8 Å². The Bertz CT molecular complexity index is 5420. The van der Waals surface area contributed by atoms with Gasteiger partial charge in [-0.1, -0.05) is 37.3 Å². The fourth-order valence-corrected chi connectivity index (χ4v) is 18.0. The van der Waals surface area contributed by atoms with E-state index in [4.69, 9.17) is 38.3 Å². The number of carbonyl (C=O) groups is 19. The fraction of sp³-hybridized carbons (Fsp3) is 0.533. The van der Waals surface area contributed by atoms with Crippen LogP contribution in [-0.4, -0.2) is 415 Å². The van der Waals surface area contributed by atoms with Gasteiger partial charge in [0, 0.05) is 136 Å². The predicted molar refractivity (Wildman–Crippen MR) is 477 cm³/mol. The summed E-state index contributed by atoms with van der Waals surface area (Å²) < 4.78 is 90.4. The number of imide groups is 1. The van der Waals surface area contributed by atoms with E-state index in [2.05, 4.69) is 10.6 Å².